The molecule has 4 rings (SSSR count). The predicted octanol–water partition coefficient (Wildman–Crippen LogP) is 3.48. The minimum Gasteiger partial charge on any atom is -0.381 e. The third-order valence-electron chi connectivity index (χ3n) is 4.76. The zero-order valence-electron chi connectivity index (χ0n) is 16.1. The number of aromatic nitrogens is 4. The van der Waals surface area contributed by atoms with Gasteiger partial charge in [-0.1, -0.05) is 6.07 Å². The van der Waals surface area contributed by atoms with Crippen molar-refractivity contribution in [1.82, 2.24) is 19.7 Å². The number of hydrogen-bond donors (Lipinski definition) is 1. The molecule has 1 amide bonds. The van der Waals surface area contributed by atoms with E-state index in [1.165, 1.54) is 21.0 Å². The number of amides is 1. The zero-order chi connectivity index (χ0) is 19.9. The molecule has 1 saturated carbocycles. The van der Waals surface area contributed by atoms with Crippen LogP contribution >= 0.6 is 0 Å². The Morgan fingerprint density at radius 3 is 2.89 bits per heavy atom. The van der Waals surface area contributed by atoms with E-state index in [0.29, 0.717) is 17.6 Å². The summed E-state index contributed by atoms with van der Waals surface area (Å²) in [4.78, 5) is 20.2. The first-order valence-electron chi connectivity index (χ1n) is 9.21. The van der Waals surface area contributed by atoms with E-state index in [9.17, 15) is 9.18 Å². The first kappa shape index (κ1) is 18.5. The molecular formula is C20H22FN5O2. The van der Waals surface area contributed by atoms with Crippen molar-refractivity contribution in [3.8, 4) is 5.82 Å². The molecule has 3 aromatic rings. The molecule has 0 radical (unpaired) electrons. The minimum absolute atomic E-state index is 0.0900. The standard InChI is InChI=1S/C20H22FN5O2/c1-12(27)23-17-9-15-14(10-22-17)19(13-7-8-13)25-26(15)18-6-4-5-16(24-18)20(2,21)11-28-3/h4-6,9-10,13H,7-8,11H2,1-3H3,(H,22,23,27). The van der Waals surface area contributed by atoms with Crippen LogP contribution in [0.15, 0.2) is 30.5 Å². The van der Waals surface area contributed by atoms with E-state index < -0.39 is 5.67 Å². The summed E-state index contributed by atoms with van der Waals surface area (Å²) in [6.07, 6.45) is 3.90. The van der Waals surface area contributed by atoms with Crippen LogP contribution in [0.3, 0.4) is 0 Å². The Balaban J connectivity index is 1.84. The number of alkyl halides is 1. The van der Waals surface area contributed by atoms with Crippen molar-refractivity contribution in [2.75, 3.05) is 19.0 Å². The highest BCUT2D eigenvalue weighted by Crippen LogP contribution is 2.43. The lowest BCUT2D eigenvalue weighted by molar-refractivity contribution is -0.114. The Labute approximate surface area is 161 Å². The molecule has 1 N–H and O–H groups in total. The fourth-order valence-electron chi connectivity index (χ4n) is 3.29. The summed E-state index contributed by atoms with van der Waals surface area (Å²) < 4.78 is 21.6. The first-order chi connectivity index (χ1) is 13.4. The molecule has 1 aliphatic carbocycles. The van der Waals surface area contributed by atoms with Gasteiger partial charge in [0.2, 0.25) is 5.91 Å². The number of anilines is 1. The number of nitrogens with zero attached hydrogens (tertiary/aromatic N) is 4. The quantitative estimate of drug-likeness (QED) is 0.705. The normalized spacial score (nSPS) is 16.1. The lowest BCUT2D eigenvalue weighted by Crippen LogP contribution is -2.23. The van der Waals surface area contributed by atoms with Crippen molar-refractivity contribution in [3.63, 3.8) is 0 Å². The Bertz CT molecular complexity index is 1040. The van der Waals surface area contributed by atoms with Crippen LogP contribution in [0.4, 0.5) is 10.2 Å². The highest BCUT2D eigenvalue weighted by molar-refractivity contribution is 5.91. The molecule has 1 atom stereocenters. The third-order valence-corrected chi connectivity index (χ3v) is 4.76. The molecular weight excluding hydrogens is 361 g/mol. The molecule has 0 bridgehead atoms. The molecule has 1 unspecified atom stereocenters. The van der Waals surface area contributed by atoms with E-state index in [1.807, 2.05) is 0 Å². The summed E-state index contributed by atoms with van der Waals surface area (Å²) in [6.45, 7) is 2.78. The number of carbonyl (C=O) groups excluding carboxylic acids is 1. The van der Waals surface area contributed by atoms with E-state index in [-0.39, 0.29) is 18.2 Å². The Morgan fingerprint density at radius 1 is 1.43 bits per heavy atom. The monoisotopic (exact) mass is 383 g/mol. The number of fused-ring (bicyclic) bond motifs is 1. The smallest absolute Gasteiger partial charge is 0.222 e. The van der Waals surface area contributed by atoms with Gasteiger partial charge in [-0.25, -0.2) is 19.0 Å². The van der Waals surface area contributed by atoms with Gasteiger partial charge >= 0.3 is 0 Å². The lowest BCUT2D eigenvalue weighted by Gasteiger charge is -2.19. The number of nitrogens with one attached hydrogen (secondary N) is 1. The molecule has 1 fully saturated rings. The van der Waals surface area contributed by atoms with E-state index >= 15 is 0 Å². The van der Waals surface area contributed by atoms with Gasteiger partial charge in [0.25, 0.3) is 0 Å². The van der Waals surface area contributed by atoms with Crippen LogP contribution < -0.4 is 5.32 Å². The fourth-order valence-corrected chi connectivity index (χ4v) is 3.29. The van der Waals surface area contributed by atoms with Crippen LogP contribution in [0.25, 0.3) is 16.7 Å². The molecule has 3 heterocycles. The number of halogens is 1. The van der Waals surface area contributed by atoms with Crippen LogP contribution in [0.1, 0.15) is 44.0 Å². The summed E-state index contributed by atoms with van der Waals surface area (Å²) >= 11 is 0. The Morgan fingerprint density at radius 2 is 2.21 bits per heavy atom. The van der Waals surface area contributed by atoms with Gasteiger partial charge in [-0.15, -0.1) is 0 Å². The lowest BCUT2D eigenvalue weighted by atomic mass is 10.1. The van der Waals surface area contributed by atoms with Crippen LogP contribution in [-0.2, 0) is 15.2 Å². The molecule has 0 aliphatic heterocycles. The van der Waals surface area contributed by atoms with Crippen molar-refractivity contribution in [2.45, 2.75) is 38.3 Å². The van der Waals surface area contributed by atoms with E-state index in [4.69, 9.17) is 9.84 Å². The van der Waals surface area contributed by atoms with Crippen LogP contribution in [-0.4, -0.2) is 39.4 Å². The van der Waals surface area contributed by atoms with Crippen LogP contribution in [0, 0.1) is 0 Å². The van der Waals surface area contributed by atoms with Crippen molar-refractivity contribution in [1.29, 1.82) is 0 Å². The van der Waals surface area contributed by atoms with Crippen molar-refractivity contribution in [2.24, 2.45) is 0 Å². The number of methoxy groups -OCH3 is 1. The SMILES string of the molecule is COCC(C)(F)c1cccc(-n2nc(C3CC3)c3cnc(NC(C)=O)cc32)n1. The second-order valence-corrected chi connectivity index (χ2v) is 7.35. The van der Waals surface area contributed by atoms with Crippen LogP contribution in [0.5, 0.6) is 0 Å². The van der Waals surface area contributed by atoms with Crippen molar-refractivity contribution >= 4 is 22.6 Å². The highest BCUT2D eigenvalue weighted by Gasteiger charge is 2.31. The van der Waals surface area contributed by atoms with Crippen molar-refractivity contribution < 1.29 is 13.9 Å². The highest BCUT2D eigenvalue weighted by atomic mass is 19.1. The minimum atomic E-state index is -1.71. The molecule has 146 valence electrons. The van der Waals surface area contributed by atoms with Gasteiger partial charge in [-0.2, -0.15) is 5.10 Å². The van der Waals surface area contributed by atoms with E-state index in [2.05, 4.69) is 15.3 Å². The number of rotatable bonds is 6. The number of hydrogen-bond acceptors (Lipinski definition) is 5. The largest absolute Gasteiger partial charge is 0.381 e. The number of carbonyl (C=O) groups is 1. The Hall–Kier alpha value is -2.87. The first-order valence-corrected chi connectivity index (χ1v) is 9.21. The summed E-state index contributed by atoms with van der Waals surface area (Å²) in [5.41, 5.74) is 0.303. The van der Waals surface area contributed by atoms with Gasteiger partial charge in [0, 0.05) is 37.6 Å². The molecule has 0 saturated heterocycles. The molecule has 0 aromatic carbocycles. The molecule has 28 heavy (non-hydrogen) atoms. The van der Waals surface area contributed by atoms with Gasteiger partial charge < -0.3 is 10.1 Å². The predicted molar refractivity (Wildman–Crippen MR) is 103 cm³/mol. The maximum Gasteiger partial charge on any atom is 0.222 e. The fraction of sp³-hybridized carbons (Fsp3) is 0.400. The molecule has 1 aliphatic rings. The Kier molecular flexibility index (Phi) is 4.58. The number of pyridine rings is 2. The number of ether oxygens (including phenoxy) is 1. The van der Waals surface area contributed by atoms with Crippen molar-refractivity contribution in [3.05, 3.63) is 41.9 Å². The zero-order valence-corrected chi connectivity index (χ0v) is 16.1. The molecule has 7 nitrogen and oxygen atoms in total. The van der Waals surface area contributed by atoms with E-state index in [1.54, 1.807) is 35.1 Å². The average molecular weight is 383 g/mol. The van der Waals surface area contributed by atoms with Gasteiger partial charge in [0.15, 0.2) is 11.5 Å². The molecule has 8 heteroatoms. The summed E-state index contributed by atoms with van der Waals surface area (Å²) in [5, 5.41) is 8.37. The molecule has 0 spiro atoms. The van der Waals surface area contributed by atoms with E-state index in [0.717, 1.165) is 29.4 Å². The summed E-state index contributed by atoms with van der Waals surface area (Å²) in [7, 11) is 1.46. The second kappa shape index (κ2) is 6.94. The maximum atomic E-state index is 14.9. The van der Waals surface area contributed by atoms with Crippen LogP contribution in [0.2, 0.25) is 0 Å². The topological polar surface area (TPSA) is 81.9 Å². The van der Waals surface area contributed by atoms with Gasteiger partial charge in [-0.3, -0.25) is 4.79 Å². The summed E-state index contributed by atoms with van der Waals surface area (Å²) in [6, 6.07) is 6.95. The summed E-state index contributed by atoms with van der Waals surface area (Å²) in [5.74, 6) is 1.15. The maximum absolute atomic E-state index is 14.9. The third kappa shape index (κ3) is 3.47. The van der Waals surface area contributed by atoms with Gasteiger partial charge in [0.05, 0.1) is 23.5 Å². The molecule has 3 aromatic heterocycles. The second-order valence-electron chi connectivity index (χ2n) is 7.35. The van der Waals surface area contributed by atoms with Gasteiger partial charge in [0.1, 0.15) is 5.82 Å². The average Bonchev–Trinajstić information content (AvgIpc) is 3.42. The van der Waals surface area contributed by atoms with Gasteiger partial charge in [-0.05, 0) is 31.9 Å².